The lowest BCUT2D eigenvalue weighted by Crippen LogP contribution is -2.31. The Kier molecular flexibility index (Phi) is 4.14. The normalized spacial score (nSPS) is 10.4. The molecule has 0 fully saturated rings. The molecular formula is C11H12F2N2O2. The fraction of sp³-hybridized carbons (Fsp3) is 0.273. The second-order valence-corrected chi connectivity index (χ2v) is 3.56. The Morgan fingerprint density at radius 1 is 1.29 bits per heavy atom. The van der Waals surface area contributed by atoms with Gasteiger partial charge in [0.2, 0.25) is 5.91 Å². The van der Waals surface area contributed by atoms with E-state index in [2.05, 4.69) is 0 Å². The molecule has 2 amide bonds. The summed E-state index contributed by atoms with van der Waals surface area (Å²) >= 11 is 0. The van der Waals surface area contributed by atoms with Gasteiger partial charge >= 0.3 is 6.43 Å². The Balaban J connectivity index is 2.69. The molecule has 0 atom stereocenters. The van der Waals surface area contributed by atoms with E-state index in [1.807, 2.05) is 0 Å². The van der Waals surface area contributed by atoms with Crippen molar-refractivity contribution in [3.8, 4) is 0 Å². The lowest BCUT2D eigenvalue weighted by molar-refractivity contribution is -0.141. The Labute approximate surface area is 97.0 Å². The van der Waals surface area contributed by atoms with Gasteiger partial charge in [-0.1, -0.05) is 12.1 Å². The van der Waals surface area contributed by atoms with Gasteiger partial charge in [0.1, 0.15) is 0 Å². The molecule has 1 rings (SSSR count). The molecule has 0 saturated carbocycles. The van der Waals surface area contributed by atoms with Gasteiger partial charge in [-0.05, 0) is 17.7 Å². The number of rotatable bonds is 4. The molecule has 0 aliphatic heterocycles. The summed E-state index contributed by atoms with van der Waals surface area (Å²) in [4.78, 5) is 22.6. The lowest BCUT2D eigenvalue weighted by atomic mass is 10.1. The number of primary amides is 1. The molecule has 1 aromatic rings. The summed E-state index contributed by atoms with van der Waals surface area (Å²) < 4.78 is 24.2. The fourth-order valence-electron chi connectivity index (χ4n) is 1.29. The van der Waals surface area contributed by atoms with Crippen molar-refractivity contribution in [1.82, 2.24) is 4.90 Å². The van der Waals surface area contributed by atoms with Gasteiger partial charge in [-0.2, -0.15) is 8.78 Å². The van der Waals surface area contributed by atoms with Crippen LogP contribution in [0.2, 0.25) is 0 Å². The maximum atomic E-state index is 12.1. The largest absolute Gasteiger partial charge is 0.366 e. The van der Waals surface area contributed by atoms with Gasteiger partial charge in [0.25, 0.3) is 5.91 Å². The summed E-state index contributed by atoms with van der Waals surface area (Å²) in [6.07, 6.45) is -3.01. The molecule has 0 unspecified atom stereocenters. The average molecular weight is 242 g/mol. The van der Waals surface area contributed by atoms with Crippen molar-refractivity contribution in [2.45, 2.75) is 13.0 Å². The second kappa shape index (κ2) is 5.38. The van der Waals surface area contributed by atoms with Crippen LogP contribution in [-0.2, 0) is 11.3 Å². The zero-order chi connectivity index (χ0) is 13.0. The van der Waals surface area contributed by atoms with E-state index in [1.165, 1.54) is 19.2 Å². The summed E-state index contributed by atoms with van der Waals surface area (Å²) in [5, 5.41) is 0. The van der Waals surface area contributed by atoms with Crippen LogP contribution in [0.15, 0.2) is 24.3 Å². The highest BCUT2D eigenvalue weighted by molar-refractivity contribution is 5.92. The van der Waals surface area contributed by atoms with Crippen LogP contribution < -0.4 is 5.73 Å². The molecular weight excluding hydrogens is 230 g/mol. The fourth-order valence-corrected chi connectivity index (χ4v) is 1.29. The SMILES string of the molecule is CN(Cc1ccc(C(N)=O)cc1)C(=O)C(F)F. The van der Waals surface area contributed by atoms with Gasteiger partial charge in [0, 0.05) is 19.2 Å². The number of halogens is 2. The van der Waals surface area contributed by atoms with Crippen molar-refractivity contribution >= 4 is 11.8 Å². The molecule has 4 nitrogen and oxygen atoms in total. The number of benzene rings is 1. The van der Waals surface area contributed by atoms with Crippen molar-refractivity contribution < 1.29 is 18.4 Å². The maximum Gasteiger partial charge on any atom is 0.315 e. The molecule has 0 aliphatic carbocycles. The Morgan fingerprint density at radius 2 is 1.82 bits per heavy atom. The van der Waals surface area contributed by atoms with Crippen molar-refractivity contribution in [2.24, 2.45) is 5.73 Å². The molecule has 6 heteroatoms. The molecule has 92 valence electrons. The van der Waals surface area contributed by atoms with Crippen molar-refractivity contribution in [2.75, 3.05) is 7.05 Å². The van der Waals surface area contributed by atoms with Gasteiger partial charge in [-0.3, -0.25) is 9.59 Å². The molecule has 0 spiro atoms. The second-order valence-electron chi connectivity index (χ2n) is 3.56. The van der Waals surface area contributed by atoms with Gasteiger partial charge in [0.15, 0.2) is 0 Å². The van der Waals surface area contributed by atoms with Gasteiger partial charge in [0.05, 0.1) is 0 Å². The van der Waals surface area contributed by atoms with Crippen LogP contribution in [0.25, 0.3) is 0 Å². The minimum atomic E-state index is -3.01. The topological polar surface area (TPSA) is 63.4 Å². The first kappa shape index (κ1) is 13.1. The summed E-state index contributed by atoms with van der Waals surface area (Å²) in [7, 11) is 1.29. The van der Waals surface area contributed by atoms with Crippen LogP contribution >= 0.6 is 0 Å². The molecule has 2 N–H and O–H groups in total. The van der Waals surface area contributed by atoms with E-state index in [1.54, 1.807) is 12.1 Å². The van der Waals surface area contributed by atoms with E-state index < -0.39 is 18.2 Å². The first-order valence-corrected chi connectivity index (χ1v) is 4.83. The Bertz CT molecular complexity index is 418. The average Bonchev–Trinajstić information content (AvgIpc) is 2.28. The van der Waals surface area contributed by atoms with Gasteiger partial charge in [-0.15, -0.1) is 0 Å². The standard InChI is InChI=1S/C11H12F2N2O2/c1-15(11(17)9(12)13)6-7-2-4-8(5-3-7)10(14)16/h2-5,9H,6H2,1H3,(H2,14,16). The minimum absolute atomic E-state index is 0.0578. The van der Waals surface area contributed by atoms with E-state index >= 15 is 0 Å². The Hall–Kier alpha value is -1.98. The first-order chi connectivity index (χ1) is 7.91. The highest BCUT2D eigenvalue weighted by Gasteiger charge is 2.19. The van der Waals surface area contributed by atoms with Crippen LogP contribution in [-0.4, -0.2) is 30.2 Å². The maximum absolute atomic E-state index is 12.1. The number of hydrogen-bond donors (Lipinski definition) is 1. The smallest absolute Gasteiger partial charge is 0.315 e. The van der Waals surface area contributed by atoms with Crippen molar-refractivity contribution in [1.29, 1.82) is 0 Å². The number of carbonyl (C=O) groups is 2. The molecule has 17 heavy (non-hydrogen) atoms. The number of amides is 2. The van der Waals surface area contributed by atoms with Crippen LogP contribution in [0, 0.1) is 0 Å². The predicted molar refractivity (Wildman–Crippen MR) is 57.4 cm³/mol. The molecule has 0 aromatic heterocycles. The number of nitrogens with zero attached hydrogens (tertiary/aromatic N) is 1. The summed E-state index contributed by atoms with van der Waals surface area (Å²) in [6.45, 7) is 0.0578. The van der Waals surface area contributed by atoms with Crippen LogP contribution in [0.3, 0.4) is 0 Å². The van der Waals surface area contributed by atoms with Crippen molar-refractivity contribution in [3.05, 3.63) is 35.4 Å². The van der Waals surface area contributed by atoms with Gasteiger partial charge in [-0.25, -0.2) is 0 Å². The molecule has 0 radical (unpaired) electrons. The highest BCUT2D eigenvalue weighted by atomic mass is 19.3. The van der Waals surface area contributed by atoms with Crippen molar-refractivity contribution in [3.63, 3.8) is 0 Å². The molecule has 0 heterocycles. The third kappa shape index (κ3) is 3.51. The Morgan fingerprint density at radius 3 is 2.24 bits per heavy atom. The monoisotopic (exact) mass is 242 g/mol. The first-order valence-electron chi connectivity index (χ1n) is 4.83. The third-order valence-corrected chi connectivity index (χ3v) is 2.22. The summed E-state index contributed by atoms with van der Waals surface area (Å²) in [6, 6.07) is 6.10. The quantitative estimate of drug-likeness (QED) is 0.856. The highest BCUT2D eigenvalue weighted by Crippen LogP contribution is 2.08. The zero-order valence-corrected chi connectivity index (χ0v) is 9.19. The number of alkyl halides is 2. The molecule has 0 saturated heterocycles. The van der Waals surface area contributed by atoms with Crippen LogP contribution in [0.5, 0.6) is 0 Å². The van der Waals surface area contributed by atoms with Gasteiger partial charge < -0.3 is 10.6 Å². The molecule has 1 aromatic carbocycles. The number of carbonyl (C=O) groups excluding carboxylic acids is 2. The summed E-state index contributed by atoms with van der Waals surface area (Å²) in [5.41, 5.74) is 6.03. The number of hydrogen-bond acceptors (Lipinski definition) is 2. The molecule has 0 bridgehead atoms. The van der Waals surface area contributed by atoms with E-state index in [4.69, 9.17) is 5.73 Å². The van der Waals surface area contributed by atoms with E-state index in [0.29, 0.717) is 11.1 Å². The van der Waals surface area contributed by atoms with E-state index in [-0.39, 0.29) is 6.54 Å². The summed E-state index contributed by atoms with van der Waals surface area (Å²) in [5.74, 6) is -1.79. The predicted octanol–water partition coefficient (Wildman–Crippen LogP) is 1.01. The molecule has 0 aliphatic rings. The zero-order valence-electron chi connectivity index (χ0n) is 9.19. The number of nitrogens with two attached hydrogens (primary N) is 1. The van der Waals surface area contributed by atoms with E-state index in [0.717, 1.165) is 4.90 Å². The van der Waals surface area contributed by atoms with Crippen LogP contribution in [0.4, 0.5) is 8.78 Å². The van der Waals surface area contributed by atoms with Crippen LogP contribution in [0.1, 0.15) is 15.9 Å². The third-order valence-electron chi connectivity index (χ3n) is 2.22. The lowest BCUT2D eigenvalue weighted by Gasteiger charge is -2.16. The van der Waals surface area contributed by atoms with E-state index in [9.17, 15) is 18.4 Å². The minimum Gasteiger partial charge on any atom is -0.366 e.